The van der Waals surface area contributed by atoms with Crippen LogP contribution in [0.3, 0.4) is 0 Å². The molecule has 0 aliphatic rings. The van der Waals surface area contributed by atoms with Crippen LogP contribution in [0.15, 0.2) is 22.7 Å². The van der Waals surface area contributed by atoms with E-state index in [4.69, 9.17) is 10.5 Å². The standard InChI is InChI=1S/C13H17BrF3NO2/c1-9(18)11-4-3-10(14)7-12(11)20-6-2-5-19-8-13(15,16)17/h3-4,7,9H,2,5-6,8,18H2,1H3/t9-/m0/s1. The summed E-state index contributed by atoms with van der Waals surface area (Å²) in [5.74, 6) is 0.630. The molecular weight excluding hydrogens is 339 g/mol. The van der Waals surface area contributed by atoms with E-state index in [1.807, 2.05) is 19.1 Å². The van der Waals surface area contributed by atoms with Crippen LogP contribution >= 0.6 is 15.9 Å². The zero-order valence-electron chi connectivity index (χ0n) is 11.0. The first-order chi connectivity index (χ1) is 9.29. The SMILES string of the molecule is C[C@H](N)c1ccc(Br)cc1OCCCOCC(F)(F)F. The van der Waals surface area contributed by atoms with E-state index in [9.17, 15) is 13.2 Å². The molecule has 20 heavy (non-hydrogen) atoms. The Morgan fingerprint density at radius 3 is 2.60 bits per heavy atom. The lowest BCUT2D eigenvalue weighted by molar-refractivity contribution is -0.174. The normalized spacial score (nSPS) is 13.3. The molecule has 0 heterocycles. The van der Waals surface area contributed by atoms with E-state index in [0.29, 0.717) is 12.2 Å². The fourth-order valence-electron chi connectivity index (χ4n) is 1.54. The van der Waals surface area contributed by atoms with Crippen molar-refractivity contribution in [2.45, 2.75) is 25.6 Å². The maximum atomic E-state index is 11.8. The lowest BCUT2D eigenvalue weighted by Gasteiger charge is -2.14. The van der Waals surface area contributed by atoms with Crippen molar-refractivity contribution in [3.05, 3.63) is 28.2 Å². The maximum absolute atomic E-state index is 11.8. The minimum Gasteiger partial charge on any atom is -0.493 e. The van der Waals surface area contributed by atoms with Gasteiger partial charge in [0, 0.05) is 22.5 Å². The summed E-state index contributed by atoms with van der Waals surface area (Å²) in [6, 6.07) is 5.32. The monoisotopic (exact) mass is 355 g/mol. The third-order valence-electron chi connectivity index (χ3n) is 2.42. The number of rotatable bonds is 7. The second-order valence-corrected chi connectivity index (χ2v) is 5.26. The average molecular weight is 356 g/mol. The van der Waals surface area contributed by atoms with Crippen LogP contribution in [-0.4, -0.2) is 26.0 Å². The van der Waals surface area contributed by atoms with Gasteiger partial charge in [0.15, 0.2) is 0 Å². The first-order valence-electron chi connectivity index (χ1n) is 6.12. The highest BCUT2D eigenvalue weighted by atomic mass is 79.9. The van der Waals surface area contributed by atoms with Crippen molar-refractivity contribution in [2.75, 3.05) is 19.8 Å². The van der Waals surface area contributed by atoms with Crippen LogP contribution in [0.5, 0.6) is 5.75 Å². The molecule has 0 radical (unpaired) electrons. The van der Waals surface area contributed by atoms with E-state index in [0.717, 1.165) is 10.0 Å². The van der Waals surface area contributed by atoms with Crippen molar-refractivity contribution >= 4 is 15.9 Å². The Morgan fingerprint density at radius 2 is 2.00 bits per heavy atom. The molecule has 7 heteroatoms. The average Bonchev–Trinajstić information content (AvgIpc) is 2.32. The maximum Gasteiger partial charge on any atom is 0.411 e. The molecule has 0 aliphatic heterocycles. The Hall–Kier alpha value is -0.790. The van der Waals surface area contributed by atoms with Crippen LogP contribution in [0.2, 0.25) is 0 Å². The molecule has 0 aromatic heterocycles. The van der Waals surface area contributed by atoms with Gasteiger partial charge in [-0.3, -0.25) is 0 Å². The molecule has 0 aliphatic carbocycles. The molecule has 1 aromatic carbocycles. The number of nitrogens with two attached hydrogens (primary N) is 1. The van der Waals surface area contributed by atoms with Gasteiger partial charge in [0.2, 0.25) is 0 Å². The van der Waals surface area contributed by atoms with Crippen LogP contribution in [0, 0.1) is 0 Å². The van der Waals surface area contributed by atoms with Gasteiger partial charge in [-0.25, -0.2) is 0 Å². The molecule has 2 N–H and O–H groups in total. The van der Waals surface area contributed by atoms with Crippen molar-refractivity contribution < 1.29 is 22.6 Å². The topological polar surface area (TPSA) is 44.5 Å². The number of alkyl halides is 3. The summed E-state index contributed by atoms with van der Waals surface area (Å²) in [5, 5.41) is 0. The van der Waals surface area contributed by atoms with Crippen molar-refractivity contribution in [3.8, 4) is 5.75 Å². The highest BCUT2D eigenvalue weighted by Gasteiger charge is 2.27. The lowest BCUT2D eigenvalue weighted by atomic mass is 10.1. The first kappa shape index (κ1) is 17.3. The van der Waals surface area contributed by atoms with Crippen LogP contribution in [-0.2, 0) is 4.74 Å². The van der Waals surface area contributed by atoms with E-state index >= 15 is 0 Å². The van der Waals surface area contributed by atoms with Crippen LogP contribution in [0.25, 0.3) is 0 Å². The van der Waals surface area contributed by atoms with Gasteiger partial charge in [-0.15, -0.1) is 0 Å². The predicted molar refractivity (Wildman–Crippen MR) is 73.7 cm³/mol. The fourth-order valence-corrected chi connectivity index (χ4v) is 1.88. The molecule has 0 spiro atoms. The van der Waals surface area contributed by atoms with Gasteiger partial charge < -0.3 is 15.2 Å². The Kier molecular flexibility index (Phi) is 6.78. The van der Waals surface area contributed by atoms with Gasteiger partial charge in [0.25, 0.3) is 0 Å². The van der Waals surface area contributed by atoms with Gasteiger partial charge in [0.05, 0.1) is 13.2 Å². The number of halogens is 4. The molecule has 0 saturated heterocycles. The number of benzene rings is 1. The highest BCUT2D eigenvalue weighted by molar-refractivity contribution is 9.10. The smallest absolute Gasteiger partial charge is 0.411 e. The minimum atomic E-state index is -4.28. The van der Waals surface area contributed by atoms with Gasteiger partial charge in [-0.05, 0) is 19.1 Å². The largest absolute Gasteiger partial charge is 0.493 e. The third kappa shape index (κ3) is 6.58. The van der Waals surface area contributed by atoms with Gasteiger partial charge in [-0.1, -0.05) is 22.0 Å². The highest BCUT2D eigenvalue weighted by Crippen LogP contribution is 2.27. The van der Waals surface area contributed by atoms with E-state index in [1.54, 1.807) is 6.07 Å². The van der Waals surface area contributed by atoms with Crippen LogP contribution < -0.4 is 10.5 Å². The number of ether oxygens (including phenoxy) is 2. The Bertz CT molecular complexity index is 425. The molecule has 0 amide bonds. The zero-order valence-corrected chi connectivity index (χ0v) is 12.6. The predicted octanol–water partition coefficient (Wildman–Crippen LogP) is 3.82. The second-order valence-electron chi connectivity index (χ2n) is 4.34. The molecular formula is C13H17BrF3NO2. The molecule has 0 unspecified atom stereocenters. The van der Waals surface area contributed by atoms with E-state index in [1.165, 1.54) is 0 Å². The van der Waals surface area contributed by atoms with Crippen molar-refractivity contribution in [3.63, 3.8) is 0 Å². The summed E-state index contributed by atoms with van der Waals surface area (Å²) in [5.41, 5.74) is 6.67. The first-order valence-corrected chi connectivity index (χ1v) is 6.91. The van der Waals surface area contributed by atoms with Crippen molar-refractivity contribution in [1.82, 2.24) is 0 Å². The zero-order chi connectivity index (χ0) is 15.2. The third-order valence-corrected chi connectivity index (χ3v) is 2.92. The molecule has 0 fully saturated rings. The van der Waals surface area contributed by atoms with Crippen LogP contribution in [0.1, 0.15) is 24.9 Å². The number of hydrogen-bond acceptors (Lipinski definition) is 3. The Balaban J connectivity index is 2.37. The summed E-state index contributed by atoms with van der Waals surface area (Å²) in [6.45, 7) is 0.882. The molecule has 114 valence electrons. The summed E-state index contributed by atoms with van der Waals surface area (Å²) >= 11 is 3.33. The van der Waals surface area contributed by atoms with Gasteiger partial charge >= 0.3 is 6.18 Å². The molecule has 0 saturated carbocycles. The van der Waals surface area contributed by atoms with Crippen LogP contribution in [0.4, 0.5) is 13.2 Å². The Morgan fingerprint density at radius 1 is 1.30 bits per heavy atom. The van der Waals surface area contributed by atoms with Gasteiger partial charge in [-0.2, -0.15) is 13.2 Å². The summed E-state index contributed by atoms with van der Waals surface area (Å²) in [6.07, 6.45) is -3.91. The summed E-state index contributed by atoms with van der Waals surface area (Å²) < 4.78 is 46.4. The summed E-state index contributed by atoms with van der Waals surface area (Å²) in [4.78, 5) is 0. The fraction of sp³-hybridized carbons (Fsp3) is 0.538. The quantitative estimate of drug-likeness (QED) is 0.756. The van der Waals surface area contributed by atoms with Crippen molar-refractivity contribution in [2.24, 2.45) is 5.73 Å². The minimum absolute atomic E-state index is 0.00102. The molecule has 3 nitrogen and oxygen atoms in total. The lowest BCUT2D eigenvalue weighted by Crippen LogP contribution is -2.18. The van der Waals surface area contributed by atoms with E-state index in [-0.39, 0.29) is 19.3 Å². The molecule has 1 atom stereocenters. The molecule has 1 aromatic rings. The Labute approximate surface area is 124 Å². The second kappa shape index (κ2) is 7.85. The molecule has 0 bridgehead atoms. The molecule has 1 rings (SSSR count). The number of hydrogen-bond donors (Lipinski definition) is 1. The van der Waals surface area contributed by atoms with E-state index in [2.05, 4.69) is 20.7 Å². The summed E-state index contributed by atoms with van der Waals surface area (Å²) in [7, 11) is 0. The van der Waals surface area contributed by atoms with E-state index < -0.39 is 12.8 Å². The van der Waals surface area contributed by atoms with Gasteiger partial charge in [0.1, 0.15) is 12.4 Å². The van der Waals surface area contributed by atoms with Crippen molar-refractivity contribution in [1.29, 1.82) is 0 Å².